The first kappa shape index (κ1) is 21.7. The Hall–Kier alpha value is -4.14. The smallest absolute Gasteiger partial charge is 0.240 e. The Balaban J connectivity index is 1.58. The molecule has 2 amide bonds. The number of hydrazone groups is 1. The lowest BCUT2D eigenvalue weighted by Gasteiger charge is -2.30. The number of carbonyl (C=O) groups excluding carboxylic acids is 3. The summed E-state index contributed by atoms with van der Waals surface area (Å²) in [7, 11) is 4.47. The summed E-state index contributed by atoms with van der Waals surface area (Å²) in [5.74, 6) is -1.52. The van der Waals surface area contributed by atoms with Gasteiger partial charge in [-0.3, -0.25) is 19.4 Å². The fourth-order valence-electron chi connectivity index (χ4n) is 5.05. The van der Waals surface area contributed by atoms with E-state index in [2.05, 4.69) is 5.10 Å². The molecular weight excluding hydrogens is 438 g/mol. The molecular formula is C25H23N3O6. The number of allylic oxidation sites excluding steroid dienone is 1. The lowest BCUT2D eigenvalue weighted by Crippen LogP contribution is -2.46. The van der Waals surface area contributed by atoms with Crippen LogP contribution in [0.2, 0.25) is 0 Å². The number of para-hydroxylation sites is 2. The van der Waals surface area contributed by atoms with Crippen molar-refractivity contribution >= 4 is 29.5 Å². The third-order valence-corrected chi connectivity index (χ3v) is 6.55. The second-order valence-corrected chi connectivity index (χ2v) is 8.13. The zero-order chi connectivity index (χ0) is 24.0. The van der Waals surface area contributed by atoms with E-state index in [0.717, 1.165) is 4.90 Å². The van der Waals surface area contributed by atoms with Crippen molar-refractivity contribution in [3.63, 3.8) is 0 Å². The van der Waals surface area contributed by atoms with Crippen LogP contribution in [0.4, 0.5) is 5.69 Å². The number of ether oxygens (including phenoxy) is 3. The molecule has 0 aromatic heterocycles. The highest BCUT2D eigenvalue weighted by Crippen LogP contribution is 2.47. The van der Waals surface area contributed by atoms with Crippen LogP contribution < -0.4 is 19.1 Å². The number of fused-ring (bicyclic) bond motifs is 3. The maximum absolute atomic E-state index is 13.8. The highest BCUT2D eigenvalue weighted by Gasteiger charge is 2.64. The molecule has 3 aliphatic heterocycles. The number of rotatable bonds is 6. The average Bonchev–Trinajstić information content (AvgIpc) is 3.35. The van der Waals surface area contributed by atoms with Crippen LogP contribution in [0, 0.1) is 11.8 Å². The maximum Gasteiger partial charge on any atom is 0.240 e. The number of benzene rings is 2. The van der Waals surface area contributed by atoms with E-state index in [1.165, 1.54) is 21.3 Å². The quantitative estimate of drug-likeness (QED) is 0.481. The van der Waals surface area contributed by atoms with Gasteiger partial charge in [-0.15, -0.1) is 0 Å². The van der Waals surface area contributed by atoms with Gasteiger partial charge in [0.25, 0.3) is 0 Å². The molecule has 0 bridgehead atoms. The van der Waals surface area contributed by atoms with E-state index in [1.807, 2.05) is 6.08 Å². The van der Waals surface area contributed by atoms with E-state index in [1.54, 1.807) is 59.8 Å². The standard InChI is InChI=1S/C25H23N3O6/c1-32-17-9-5-4-7-15(17)27-24(30)20-16-8-6-12-26-28(16)22(21(20)25(27)31)23(29)14-10-11-18(33-2)19(13-14)34-3/h4-13,16,20-22H,1-3H3/t16-,20-,21-,22+/m1/s1. The topological polar surface area (TPSA) is 97.7 Å². The first-order chi connectivity index (χ1) is 16.5. The zero-order valence-corrected chi connectivity index (χ0v) is 18.9. The Morgan fingerprint density at radius 1 is 0.882 bits per heavy atom. The van der Waals surface area contributed by atoms with Crippen molar-refractivity contribution in [2.75, 3.05) is 26.2 Å². The summed E-state index contributed by atoms with van der Waals surface area (Å²) in [6.07, 6.45) is 5.09. The Bertz CT molecular complexity index is 1240. The number of ketones is 1. The van der Waals surface area contributed by atoms with Gasteiger partial charge in [0.15, 0.2) is 17.3 Å². The molecule has 0 saturated carbocycles. The minimum atomic E-state index is -0.953. The van der Waals surface area contributed by atoms with Gasteiger partial charge in [-0.05, 0) is 36.4 Å². The molecule has 2 saturated heterocycles. The van der Waals surface area contributed by atoms with Crippen LogP contribution in [0.5, 0.6) is 17.2 Å². The highest BCUT2D eigenvalue weighted by atomic mass is 16.5. The normalized spacial score (nSPS) is 24.8. The predicted molar refractivity (Wildman–Crippen MR) is 123 cm³/mol. The van der Waals surface area contributed by atoms with Crippen LogP contribution in [0.25, 0.3) is 0 Å². The van der Waals surface area contributed by atoms with Crippen molar-refractivity contribution < 1.29 is 28.6 Å². The molecule has 0 radical (unpaired) electrons. The molecule has 9 nitrogen and oxygen atoms in total. The molecule has 0 unspecified atom stereocenters. The summed E-state index contributed by atoms with van der Waals surface area (Å²) in [5, 5.41) is 5.95. The van der Waals surface area contributed by atoms with E-state index in [4.69, 9.17) is 14.2 Å². The fourth-order valence-corrected chi connectivity index (χ4v) is 5.05. The van der Waals surface area contributed by atoms with Gasteiger partial charge in [-0.25, -0.2) is 4.90 Å². The van der Waals surface area contributed by atoms with Gasteiger partial charge in [-0.1, -0.05) is 18.2 Å². The minimum Gasteiger partial charge on any atom is -0.495 e. The molecule has 3 aliphatic rings. The second kappa shape index (κ2) is 8.33. The first-order valence-electron chi connectivity index (χ1n) is 10.8. The Labute approximate surface area is 196 Å². The number of anilines is 1. The number of carbonyl (C=O) groups is 3. The average molecular weight is 461 g/mol. The number of nitrogens with zero attached hydrogens (tertiary/aromatic N) is 3. The second-order valence-electron chi connectivity index (χ2n) is 8.13. The van der Waals surface area contributed by atoms with E-state index < -0.39 is 29.8 Å². The molecule has 0 N–H and O–H groups in total. The molecule has 4 atom stereocenters. The van der Waals surface area contributed by atoms with E-state index >= 15 is 0 Å². The Kier molecular flexibility index (Phi) is 5.31. The summed E-state index contributed by atoms with van der Waals surface area (Å²) in [4.78, 5) is 42.3. The Morgan fingerprint density at radius 3 is 2.32 bits per heavy atom. The van der Waals surface area contributed by atoms with Gasteiger partial charge in [0.1, 0.15) is 11.8 Å². The predicted octanol–water partition coefficient (Wildman–Crippen LogP) is 2.31. The van der Waals surface area contributed by atoms with Crippen molar-refractivity contribution in [1.82, 2.24) is 5.01 Å². The molecule has 3 heterocycles. The molecule has 0 spiro atoms. The Morgan fingerprint density at radius 2 is 1.59 bits per heavy atom. The zero-order valence-electron chi connectivity index (χ0n) is 18.9. The van der Waals surface area contributed by atoms with Crippen LogP contribution in [-0.4, -0.2) is 62.2 Å². The summed E-state index contributed by atoms with van der Waals surface area (Å²) < 4.78 is 16.0. The molecule has 0 aliphatic carbocycles. The van der Waals surface area contributed by atoms with Crippen molar-refractivity contribution in [2.24, 2.45) is 16.9 Å². The monoisotopic (exact) mass is 461 g/mol. The van der Waals surface area contributed by atoms with Crippen molar-refractivity contribution in [1.29, 1.82) is 0 Å². The first-order valence-corrected chi connectivity index (χ1v) is 10.8. The number of hydrogen-bond donors (Lipinski definition) is 0. The summed E-state index contributed by atoms with van der Waals surface area (Å²) in [5.41, 5.74) is 0.698. The molecule has 9 heteroatoms. The van der Waals surface area contributed by atoms with E-state index in [0.29, 0.717) is 28.5 Å². The third kappa shape index (κ3) is 3.07. The molecule has 2 aromatic rings. The third-order valence-electron chi connectivity index (χ3n) is 6.55. The van der Waals surface area contributed by atoms with Crippen LogP contribution in [0.1, 0.15) is 10.4 Å². The largest absolute Gasteiger partial charge is 0.495 e. The number of methoxy groups -OCH3 is 3. The van der Waals surface area contributed by atoms with Gasteiger partial charge >= 0.3 is 0 Å². The molecule has 2 fully saturated rings. The maximum atomic E-state index is 13.8. The highest BCUT2D eigenvalue weighted by molar-refractivity contribution is 6.25. The van der Waals surface area contributed by atoms with E-state index in [9.17, 15) is 14.4 Å². The molecule has 5 rings (SSSR count). The minimum absolute atomic E-state index is 0.325. The summed E-state index contributed by atoms with van der Waals surface area (Å²) >= 11 is 0. The van der Waals surface area contributed by atoms with Crippen LogP contribution >= 0.6 is 0 Å². The van der Waals surface area contributed by atoms with Crippen LogP contribution in [-0.2, 0) is 9.59 Å². The van der Waals surface area contributed by atoms with Crippen molar-refractivity contribution in [2.45, 2.75) is 12.1 Å². The summed E-state index contributed by atoms with van der Waals surface area (Å²) in [6, 6.07) is 10.2. The van der Waals surface area contributed by atoms with Crippen LogP contribution in [0.15, 0.2) is 59.7 Å². The van der Waals surface area contributed by atoms with Gasteiger partial charge in [0.2, 0.25) is 11.8 Å². The number of hydrogen-bond acceptors (Lipinski definition) is 8. The van der Waals surface area contributed by atoms with Gasteiger partial charge in [-0.2, -0.15) is 5.10 Å². The van der Waals surface area contributed by atoms with Gasteiger partial charge in [0, 0.05) is 11.8 Å². The lowest BCUT2D eigenvalue weighted by atomic mass is 9.86. The number of amides is 2. The van der Waals surface area contributed by atoms with Crippen LogP contribution in [0.3, 0.4) is 0 Å². The number of Topliss-reactive ketones (excluding diaryl/α,β-unsaturated/α-hetero) is 1. The van der Waals surface area contributed by atoms with Crippen molar-refractivity contribution in [3.05, 3.63) is 60.2 Å². The molecule has 174 valence electrons. The molecule has 2 aromatic carbocycles. The fraction of sp³-hybridized carbons (Fsp3) is 0.280. The lowest BCUT2D eigenvalue weighted by molar-refractivity contribution is -0.123. The number of imide groups is 1. The van der Waals surface area contributed by atoms with Gasteiger partial charge in [0.05, 0.1) is 44.9 Å². The molecule has 34 heavy (non-hydrogen) atoms. The van der Waals surface area contributed by atoms with Crippen molar-refractivity contribution in [3.8, 4) is 17.2 Å². The van der Waals surface area contributed by atoms with Gasteiger partial charge < -0.3 is 14.2 Å². The summed E-state index contributed by atoms with van der Waals surface area (Å²) in [6.45, 7) is 0. The SMILES string of the molecule is COc1ccc(C(=O)[C@@H]2[C@@H]3C(=O)N(c4ccccc4OC)C(=O)[C@@H]3[C@H]3C=CC=NN32)cc1OC. The van der Waals surface area contributed by atoms with E-state index in [-0.39, 0.29) is 11.7 Å².